The van der Waals surface area contributed by atoms with Crippen molar-refractivity contribution < 1.29 is 22.7 Å². The summed E-state index contributed by atoms with van der Waals surface area (Å²) in [6, 6.07) is 9.96. The van der Waals surface area contributed by atoms with Gasteiger partial charge >= 0.3 is 0 Å². The van der Waals surface area contributed by atoms with Crippen molar-refractivity contribution in [2.75, 3.05) is 19.9 Å². The number of rotatable bonds is 4. The van der Waals surface area contributed by atoms with E-state index >= 15 is 0 Å². The van der Waals surface area contributed by atoms with Crippen LogP contribution in [0.15, 0.2) is 46.3 Å². The first-order chi connectivity index (χ1) is 15.9. The molecule has 0 atom stereocenters. The molecule has 1 amide bonds. The Morgan fingerprint density at radius 1 is 1.15 bits per heavy atom. The fourth-order valence-corrected chi connectivity index (χ4v) is 6.84. The van der Waals surface area contributed by atoms with Crippen molar-refractivity contribution in [3.05, 3.63) is 46.2 Å². The zero-order valence-electron chi connectivity index (χ0n) is 17.9. The number of carbonyl (C=O) groups excluding carboxylic acids is 1. The summed E-state index contributed by atoms with van der Waals surface area (Å²) in [5, 5.41) is 0.482. The molecular formula is C22H22ClN3O5S2. The van der Waals surface area contributed by atoms with Gasteiger partial charge in [0.15, 0.2) is 16.3 Å². The summed E-state index contributed by atoms with van der Waals surface area (Å²) in [4.78, 5) is 18.2. The van der Waals surface area contributed by atoms with Gasteiger partial charge in [-0.05, 0) is 44.0 Å². The Morgan fingerprint density at radius 2 is 1.82 bits per heavy atom. The molecule has 0 spiro atoms. The minimum absolute atomic E-state index is 0.204. The van der Waals surface area contributed by atoms with E-state index in [0.717, 1.165) is 10.2 Å². The fraction of sp³-hybridized carbons (Fsp3) is 0.364. The maximum absolute atomic E-state index is 13.0. The van der Waals surface area contributed by atoms with E-state index in [1.165, 1.54) is 27.8 Å². The van der Waals surface area contributed by atoms with Crippen molar-refractivity contribution >= 4 is 49.1 Å². The van der Waals surface area contributed by atoms with Gasteiger partial charge in [0.1, 0.15) is 0 Å². The Morgan fingerprint density at radius 3 is 2.48 bits per heavy atom. The van der Waals surface area contributed by atoms with Gasteiger partial charge in [0.25, 0.3) is 5.91 Å². The van der Waals surface area contributed by atoms with Gasteiger partial charge in [-0.3, -0.25) is 4.79 Å². The van der Waals surface area contributed by atoms with Gasteiger partial charge in [0.05, 0.1) is 15.1 Å². The lowest BCUT2D eigenvalue weighted by atomic mass is 9.98. The number of halogens is 1. The van der Waals surface area contributed by atoms with Gasteiger partial charge < -0.3 is 14.0 Å². The first kappa shape index (κ1) is 22.4. The number of fused-ring (bicyclic) bond motifs is 2. The summed E-state index contributed by atoms with van der Waals surface area (Å²) < 4.78 is 41.1. The van der Waals surface area contributed by atoms with Crippen LogP contribution >= 0.6 is 22.9 Å². The molecule has 0 saturated carbocycles. The number of hydrogen-bond donors (Lipinski definition) is 0. The van der Waals surface area contributed by atoms with Crippen LogP contribution in [-0.4, -0.2) is 43.1 Å². The highest BCUT2D eigenvalue weighted by Gasteiger charge is 2.32. The van der Waals surface area contributed by atoms with Crippen molar-refractivity contribution in [2.45, 2.75) is 31.2 Å². The minimum atomic E-state index is -3.61. The monoisotopic (exact) mass is 507 g/mol. The second-order valence-electron chi connectivity index (χ2n) is 7.88. The van der Waals surface area contributed by atoms with Crippen LogP contribution in [-0.2, 0) is 21.4 Å². The van der Waals surface area contributed by atoms with E-state index in [9.17, 15) is 13.2 Å². The molecule has 0 aliphatic carbocycles. The summed E-state index contributed by atoms with van der Waals surface area (Å²) in [5.74, 6) is 0.856. The van der Waals surface area contributed by atoms with E-state index in [2.05, 4.69) is 4.99 Å². The normalized spacial score (nSPS) is 17.7. The number of ether oxygens (including phenoxy) is 2. The molecular weight excluding hydrogens is 486 g/mol. The van der Waals surface area contributed by atoms with Gasteiger partial charge in [-0.2, -0.15) is 9.30 Å². The number of aryl methyl sites for hydroxylation is 1. The van der Waals surface area contributed by atoms with Crippen LogP contribution in [0.3, 0.4) is 0 Å². The largest absolute Gasteiger partial charge is 0.454 e. The minimum Gasteiger partial charge on any atom is -0.454 e. The van der Waals surface area contributed by atoms with E-state index in [0.29, 0.717) is 40.7 Å². The maximum Gasteiger partial charge on any atom is 0.251 e. The SMILES string of the molecule is CCn1c(=NC(=O)C2CCN(S(=O)(=O)c3ccc(Cl)cc3)CC2)sc2cc3c(cc21)OCO3. The molecule has 2 aliphatic heterocycles. The molecule has 0 unspecified atom stereocenters. The fourth-order valence-electron chi connectivity index (χ4n) is 4.13. The molecule has 5 rings (SSSR count). The second kappa shape index (κ2) is 8.75. The van der Waals surface area contributed by atoms with Crippen molar-refractivity contribution in [1.82, 2.24) is 8.87 Å². The summed E-state index contributed by atoms with van der Waals surface area (Å²) in [6.45, 7) is 3.42. The summed E-state index contributed by atoms with van der Waals surface area (Å²) in [5.41, 5.74) is 0.946. The van der Waals surface area contributed by atoms with Crippen LogP contribution in [0.1, 0.15) is 19.8 Å². The maximum atomic E-state index is 13.0. The predicted molar refractivity (Wildman–Crippen MR) is 125 cm³/mol. The lowest BCUT2D eigenvalue weighted by Gasteiger charge is -2.29. The predicted octanol–water partition coefficient (Wildman–Crippen LogP) is 3.63. The molecule has 3 heterocycles. The molecule has 11 heteroatoms. The highest BCUT2D eigenvalue weighted by atomic mass is 35.5. The van der Waals surface area contributed by atoms with E-state index in [4.69, 9.17) is 21.1 Å². The smallest absolute Gasteiger partial charge is 0.251 e. The van der Waals surface area contributed by atoms with Gasteiger partial charge in [0, 0.05) is 42.7 Å². The standard InChI is InChI=1S/C22H22ClN3O5S2/c1-2-26-17-11-18-19(31-13-30-18)12-20(17)32-22(26)24-21(27)14-7-9-25(10-8-14)33(28,29)16-5-3-15(23)4-6-16/h3-6,11-12,14H,2,7-10,13H2,1H3. The lowest BCUT2D eigenvalue weighted by Crippen LogP contribution is -2.40. The Hall–Kier alpha value is -2.40. The lowest BCUT2D eigenvalue weighted by molar-refractivity contribution is -0.122. The number of sulfonamides is 1. The molecule has 0 N–H and O–H groups in total. The van der Waals surface area contributed by atoms with Crippen LogP contribution in [0.5, 0.6) is 11.5 Å². The van der Waals surface area contributed by atoms with Gasteiger partial charge in [-0.15, -0.1) is 0 Å². The summed E-state index contributed by atoms with van der Waals surface area (Å²) >= 11 is 7.30. The zero-order valence-corrected chi connectivity index (χ0v) is 20.3. The zero-order chi connectivity index (χ0) is 23.2. The second-order valence-corrected chi connectivity index (χ2v) is 11.3. The Balaban J connectivity index is 1.34. The van der Waals surface area contributed by atoms with Crippen LogP contribution in [0, 0.1) is 5.92 Å². The third-order valence-corrected chi connectivity index (χ3v) is 9.16. The van der Waals surface area contributed by atoms with Crippen LogP contribution < -0.4 is 14.3 Å². The topological polar surface area (TPSA) is 90.2 Å². The number of amides is 1. The molecule has 3 aromatic rings. The molecule has 2 aromatic carbocycles. The molecule has 1 saturated heterocycles. The van der Waals surface area contributed by atoms with Crippen LogP contribution in [0.25, 0.3) is 10.2 Å². The third kappa shape index (κ3) is 4.16. The summed E-state index contributed by atoms with van der Waals surface area (Å²) in [7, 11) is -3.61. The number of thiazole rings is 1. The molecule has 1 aromatic heterocycles. The Labute approximate surface area is 200 Å². The van der Waals surface area contributed by atoms with Gasteiger partial charge in [-0.1, -0.05) is 22.9 Å². The number of aromatic nitrogens is 1. The van der Waals surface area contributed by atoms with Crippen molar-refractivity contribution in [3.63, 3.8) is 0 Å². The highest BCUT2D eigenvalue weighted by Crippen LogP contribution is 2.37. The molecule has 174 valence electrons. The van der Waals surface area contributed by atoms with Crippen molar-refractivity contribution in [2.24, 2.45) is 10.9 Å². The quantitative estimate of drug-likeness (QED) is 0.538. The summed E-state index contributed by atoms with van der Waals surface area (Å²) in [6.07, 6.45) is 0.865. The number of benzene rings is 2. The molecule has 2 aliphatic rings. The molecule has 1 fully saturated rings. The molecule has 0 bridgehead atoms. The molecule has 8 nitrogen and oxygen atoms in total. The Bertz CT molecular complexity index is 1390. The number of piperidine rings is 1. The van der Waals surface area contributed by atoms with Gasteiger partial charge in [-0.25, -0.2) is 8.42 Å². The van der Waals surface area contributed by atoms with Gasteiger partial charge in [0.2, 0.25) is 16.8 Å². The first-order valence-corrected chi connectivity index (χ1v) is 13.3. The van der Waals surface area contributed by atoms with E-state index in [-0.39, 0.29) is 36.6 Å². The van der Waals surface area contributed by atoms with Crippen LogP contribution in [0.2, 0.25) is 5.02 Å². The van der Waals surface area contributed by atoms with Crippen molar-refractivity contribution in [3.8, 4) is 11.5 Å². The van der Waals surface area contributed by atoms with E-state index in [1.54, 1.807) is 12.1 Å². The number of nitrogens with zero attached hydrogens (tertiary/aromatic N) is 3. The average Bonchev–Trinajstić information content (AvgIpc) is 3.40. The number of carbonyl (C=O) groups is 1. The molecule has 33 heavy (non-hydrogen) atoms. The number of hydrogen-bond acceptors (Lipinski definition) is 6. The first-order valence-electron chi connectivity index (χ1n) is 10.6. The van der Waals surface area contributed by atoms with Crippen molar-refractivity contribution in [1.29, 1.82) is 0 Å². The highest BCUT2D eigenvalue weighted by molar-refractivity contribution is 7.89. The van der Waals surface area contributed by atoms with E-state index in [1.807, 2.05) is 23.6 Å². The third-order valence-electron chi connectivity index (χ3n) is 5.95. The molecule has 0 radical (unpaired) electrons. The Kier molecular flexibility index (Phi) is 5.94. The van der Waals surface area contributed by atoms with Crippen LogP contribution in [0.4, 0.5) is 0 Å². The average molecular weight is 508 g/mol. The van der Waals surface area contributed by atoms with E-state index < -0.39 is 10.0 Å².